The van der Waals surface area contributed by atoms with Crippen LogP contribution in [0.1, 0.15) is 25.7 Å². The molecule has 0 amide bonds. The van der Waals surface area contributed by atoms with Crippen molar-refractivity contribution in [2.24, 2.45) is 11.8 Å². The summed E-state index contributed by atoms with van der Waals surface area (Å²) >= 11 is 0. The van der Waals surface area contributed by atoms with Gasteiger partial charge in [0.05, 0.1) is 6.10 Å². The molecule has 70 valence electrons. The minimum absolute atomic E-state index is 0.00894. The second kappa shape index (κ2) is 3.35. The summed E-state index contributed by atoms with van der Waals surface area (Å²) in [6.07, 6.45) is 4.66. The van der Waals surface area contributed by atoms with Gasteiger partial charge in [-0.25, -0.2) is 0 Å². The zero-order chi connectivity index (χ0) is 8.55. The molecule has 2 rings (SSSR count). The molecule has 0 aromatic rings. The van der Waals surface area contributed by atoms with Crippen molar-refractivity contribution in [1.29, 1.82) is 0 Å². The molecule has 12 heavy (non-hydrogen) atoms. The SMILES string of the molecule is CN1CC[C@@H]2C[C@H](O)CC[C@@H]2C1. The number of rotatable bonds is 0. The standard InChI is InChI=1S/C10H19NO/c1-11-5-4-8-6-10(12)3-2-9(8)7-11/h8-10,12H,2-7H2,1H3/t8-,9-,10-/m1/s1. The monoisotopic (exact) mass is 169 g/mol. The van der Waals surface area contributed by atoms with Gasteiger partial charge in [0.2, 0.25) is 0 Å². The molecule has 1 aliphatic carbocycles. The van der Waals surface area contributed by atoms with Crippen molar-refractivity contribution < 1.29 is 5.11 Å². The second-order valence-corrected chi connectivity index (χ2v) is 4.54. The molecule has 2 fully saturated rings. The van der Waals surface area contributed by atoms with Gasteiger partial charge in [-0.15, -0.1) is 0 Å². The molecule has 0 radical (unpaired) electrons. The van der Waals surface area contributed by atoms with Gasteiger partial charge in [0.1, 0.15) is 0 Å². The minimum atomic E-state index is 0.00894. The van der Waals surface area contributed by atoms with Crippen molar-refractivity contribution in [2.45, 2.75) is 31.8 Å². The van der Waals surface area contributed by atoms with Gasteiger partial charge in [0.15, 0.2) is 0 Å². The van der Waals surface area contributed by atoms with Crippen molar-refractivity contribution in [3.8, 4) is 0 Å². The highest BCUT2D eigenvalue weighted by atomic mass is 16.3. The number of aliphatic hydroxyl groups is 1. The molecule has 1 heterocycles. The molecule has 0 bridgehead atoms. The molecule has 1 N–H and O–H groups in total. The van der Waals surface area contributed by atoms with Crippen molar-refractivity contribution in [3.05, 3.63) is 0 Å². The van der Waals surface area contributed by atoms with Gasteiger partial charge < -0.3 is 10.0 Å². The number of hydrogen-bond acceptors (Lipinski definition) is 2. The molecule has 1 saturated carbocycles. The highest BCUT2D eigenvalue weighted by Crippen LogP contribution is 2.35. The van der Waals surface area contributed by atoms with E-state index < -0.39 is 0 Å². The lowest BCUT2D eigenvalue weighted by molar-refractivity contribution is 0.0275. The fourth-order valence-electron chi connectivity index (χ4n) is 2.77. The Bertz CT molecular complexity index is 142. The number of piperidine rings is 1. The zero-order valence-electron chi connectivity index (χ0n) is 7.87. The predicted molar refractivity (Wildman–Crippen MR) is 49.0 cm³/mol. The van der Waals surface area contributed by atoms with Gasteiger partial charge in [-0.3, -0.25) is 0 Å². The van der Waals surface area contributed by atoms with Gasteiger partial charge in [-0.2, -0.15) is 0 Å². The number of likely N-dealkylation sites (tertiary alicyclic amines) is 1. The van der Waals surface area contributed by atoms with E-state index in [1.54, 1.807) is 0 Å². The van der Waals surface area contributed by atoms with Crippen LogP contribution >= 0.6 is 0 Å². The summed E-state index contributed by atoms with van der Waals surface area (Å²) in [7, 11) is 2.21. The number of aliphatic hydroxyl groups excluding tert-OH is 1. The second-order valence-electron chi connectivity index (χ2n) is 4.54. The van der Waals surface area contributed by atoms with E-state index in [0.717, 1.165) is 24.7 Å². The molecule has 1 aliphatic heterocycles. The first-order chi connectivity index (χ1) is 5.75. The van der Waals surface area contributed by atoms with E-state index in [4.69, 9.17) is 0 Å². The largest absolute Gasteiger partial charge is 0.393 e. The van der Waals surface area contributed by atoms with Crippen molar-refractivity contribution in [2.75, 3.05) is 20.1 Å². The van der Waals surface area contributed by atoms with Crippen LogP contribution in [0.4, 0.5) is 0 Å². The van der Waals surface area contributed by atoms with Crippen LogP contribution in [0.2, 0.25) is 0 Å². The predicted octanol–water partition coefficient (Wildman–Crippen LogP) is 1.10. The van der Waals surface area contributed by atoms with E-state index in [1.807, 2.05) is 0 Å². The van der Waals surface area contributed by atoms with E-state index in [9.17, 15) is 5.11 Å². The average molecular weight is 169 g/mol. The molecule has 3 atom stereocenters. The first-order valence-corrected chi connectivity index (χ1v) is 5.12. The average Bonchev–Trinajstić information content (AvgIpc) is 2.05. The van der Waals surface area contributed by atoms with Crippen LogP contribution in [0.15, 0.2) is 0 Å². The van der Waals surface area contributed by atoms with Crippen LogP contribution in [0.3, 0.4) is 0 Å². The summed E-state index contributed by atoms with van der Waals surface area (Å²) in [5.41, 5.74) is 0. The molecule has 0 aromatic heterocycles. The van der Waals surface area contributed by atoms with Gasteiger partial charge in [0.25, 0.3) is 0 Å². The van der Waals surface area contributed by atoms with Gasteiger partial charge >= 0.3 is 0 Å². The summed E-state index contributed by atoms with van der Waals surface area (Å²) in [5, 5.41) is 9.50. The van der Waals surface area contributed by atoms with Crippen LogP contribution in [0, 0.1) is 11.8 Å². The molecule has 2 aliphatic rings. The van der Waals surface area contributed by atoms with Gasteiger partial charge in [-0.1, -0.05) is 0 Å². The maximum atomic E-state index is 9.50. The Morgan fingerprint density at radius 2 is 2.00 bits per heavy atom. The smallest absolute Gasteiger partial charge is 0.0543 e. The Balaban J connectivity index is 1.94. The summed E-state index contributed by atoms with van der Waals surface area (Å²) in [6.45, 7) is 2.49. The van der Waals surface area contributed by atoms with Crippen molar-refractivity contribution >= 4 is 0 Å². The fourth-order valence-corrected chi connectivity index (χ4v) is 2.77. The lowest BCUT2D eigenvalue weighted by Gasteiger charge is -2.41. The molecular formula is C10H19NO. The highest BCUT2D eigenvalue weighted by molar-refractivity contribution is 4.85. The Hall–Kier alpha value is -0.0800. The third kappa shape index (κ3) is 1.64. The Morgan fingerprint density at radius 1 is 1.17 bits per heavy atom. The fraction of sp³-hybridized carbons (Fsp3) is 1.00. The summed E-state index contributed by atoms with van der Waals surface area (Å²) < 4.78 is 0. The topological polar surface area (TPSA) is 23.5 Å². The van der Waals surface area contributed by atoms with E-state index >= 15 is 0 Å². The normalized spacial score (nSPS) is 44.0. The lowest BCUT2D eigenvalue weighted by atomic mass is 9.74. The van der Waals surface area contributed by atoms with Gasteiger partial charge in [-0.05, 0) is 51.1 Å². The van der Waals surface area contributed by atoms with E-state index in [1.165, 1.54) is 25.9 Å². The van der Waals surface area contributed by atoms with Crippen LogP contribution in [0.25, 0.3) is 0 Å². The third-order valence-corrected chi connectivity index (χ3v) is 3.54. The molecule has 0 unspecified atom stereocenters. The zero-order valence-corrected chi connectivity index (χ0v) is 7.87. The highest BCUT2D eigenvalue weighted by Gasteiger charge is 2.32. The molecule has 1 saturated heterocycles. The first kappa shape index (κ1) is 8.52. The van der Waals surface area contributed by atoms with E-state index in [-0.39, 0.29) is 6.10 Å². The van der Waals surface area contributed by atoms with Crippen LogP contribution in [-0.2, 0) is 0 Å². The van der Waals surface area contributed by atoms with E-state index in [0.29, 0.717) is 0 Å². The van der Waals surface area contributed by atoms with E-state index in [2.05, 4.69) is 11.9 Å². The first-order valence-electron chi connectivity index (χ1n) is 5.12. The number of hydrogen-bond donors (Lipinski definition) is 1. The molecule has 0 aromatic carbocycles. The summed E-state index contributed by atoms with van der Waals surface area (Å²) in [6, 6.07) is 0. The Labute approximate surface area is 74.6 Å². The Kier molecular flexibility index (Phi) is 2.37. The molecule has 2 heteroatoms. The van der Waals surface area contributed by atoms with Crippen LogP contribution in [0.5, 0.6) is 0 Å². The number of fused-ring (bicyclic) bond motifs is 1. The third-order valence-electron chi connectivity index (χ3n) is 3.54. The van der Waals surface area contributed by atoms with Crippen molar-refractivity contribution in [3.63, 3.8) is 0 Å². The molecule has 0 spiro atoms. The Morgan fingerprint density at radius 3 is 2.83 bits per heavy atom. The van der Waals surface area contributed by atoms with Crippen LogP contribution in [-0.4, -0.2) is 36.2 Å². The minimum Gasteiger partial charge on any atom is -0.393 e. The number of nitrogens with zero attached hydrogens (tertiary/aromatic N) is 1. The maximum Gasteiger partial charge on any atom is 0.0543 e. The van der Waals surface area contributed by atoms with Gasteiger partial charge in [0, 0.05) is 6.54 Å². The quantitative estimate of drug-likeness (QED) is 0.587. The molecular weight excluding hydrogens is 150 g/mol. The summed E-state index contributed by atoms with van der Waals surface area (Å²) in [4.78, 5) is 2.43. The van der Waals surface area contributed by atoms with Crippen LogP contribution < -0.4 is 0 Å². The lowest BCUT2D eigenvalue weighted by Crippen LogP contribution is -2.42. The van der Waals surface area contributed by atoms with Crippen molar-refractivity contribution in [1.82, 2.24) is 4.90 Å². The maximum absolute atomic E-state index is 9.50. The molecule has 2 nitrogen and oxygen atoms in total. The summed E-state index contributed by atoms with van der Waals surface area (Å²) in [5.74, 6) is 1.71.